The van der Waals surface area contributed by atoms with E-state index in [0.717, 1.165) is 0 Å². The van der Waals surface area contributed by atoms with Crippen molar-refractivity contribution >= 4 is 0 Å². The summed E-state index contributed by atoms with van der Waals surface area (Å²) < 4.78 is 0. The third kappa shape index (κ3) is 4.35. The number of aryl methyl sites for hydroxylation is 1. The van der Waals surface area contributed by atoms with Crippen LogP contribution < -0.4 is 5.32 Å². The quantitative estimate of drug-likeness (QED) is 0.753. The van der Waals surface area contributed by atoms with E-state index in [1.807, 2.05) is 0 Å². The van der Waals surface area contributed by atoms with Crippen LogP contribution in [0, 0.1) is 12.3 Å². The Morgan fingerprint density at radius 1 is 1.21 bits per heavy atom. The number of benzene rings is 1. The van der Waals surface area contributed by atoms with Crippen LogP contribution in [0.5, 0.6) is 0 Å². The molecule has 0 radical (unpaired) electrons. The molecule has 0 amide bonds. The zero-order chi connectivity index (χ0) is 13.9. The third-order valence-corrected chi connectivity index (χ3v) is 4.60. The minimum absolute atomic E-state index is 0.464. The van der Waals surface area contributed by atoms with Crippen molar-refractivity contribution < 1.29 is 0 Å². The lowest BCUT2D eigenvalue weighted by atomic mass is 9.85. The molecule has 2 rings (SSSR count). The zero-order valence-corrected chi connectivity index (χ0v) is 13.0. The molecule has 0 aliphatic heterocycles. The molecule has 1 heteroatoms. The van der Waals surface area contributed by atoms with E-state index in [1.165, 1.54) is 43.2 Å². The first-order chi connectivity index (χ1) is 8.96. The fourth-order valence-corrected chi connectivity index (χ4v) is 3.22. The molecule has 1 aliphatic carbocycles. The molecule has 0 spiro atoms. The van der Waals surface area contributed by atoms with Crippen molar-refractivity contribution in [1.82, 2.24) is 5.32 Å². The molecule has 1 aliphatic rings. The van der Waals surface area contributed by atoms with E-state index in [2.05, 4.69) is 57.3 Å². The average molecular weight is 259 g/mol. The van der Waals surface area contributed by atoms with Gasteiger partial charge in [-0.3, -0.25) is 0 Å². The SMILES string of the molecule is Cc1cccc([C@H](C)NC2CCCC(C)(C)CC2)c1. The molecule has 106 valence electrons. The van der Waals surface area contributed by atoms with Crippen molar-refractivity contribution in [2.45, 2.75) is 71.9 Å². The van der Waals surface area contributed by atoms with Gasteiger partial charge in [0.2, 0.25) is 0 Å². The lowest BCUT2D eigenvalue weighted by molar-refractivity contribution is 0.307. The fourth-order valence-electron chi connectivity index (χ4n) is 3.22. The Kier molecular flexibility index (Phi) is 4.67. The molecule has 1 saturated carbocycles. The van der Waals surface area contributed by atoms with Crippen LogP contribution in [0.3, 0.4) is 0 Å². The Morgan fingerprint density at radius 2 is 2.00 bits per heavy atom. The van der Waals surface area contributed by atoms with Gasteiger partial charge in [0.25, 0.3) is 0 Å². The van der Waals surface area contributed by atoms with Crippen LogP contribution in [0.15, 0.2) is 24.3 Å². The number of hydrogen-bond donors (Lipinski definition) is 1. The highest BCUT2D eigenvalue weighted by atomic mass is 14.9. The first-order valence-corrected chi connectivity index (χ1v) is 7.79. The molecule has 1 fully saturated rings. The highest BCUT2D eigenvalue weighted by Gasteiger charge is 2.25. The third-order valence-electron chi connectivity index (χ3n) is 4.60. The standard InChI is InChI=1S/C18H29N/c1-14-7-5-8-16(13-14)15(2)19-17-9-6-11-18(3,4)12-10-17/h5,7-8,13,15,17,19H,6,9-12H2,1-4H3/t15-,17?/m0/s1. The Hall–Kier alpha value is -0.820. The topological polar surface area (TPSA) is 12.0 Å². The van der Waals surface area contributed by atoms with E-state index < -0.39 is 0 Å². The summed E-state index contributed by atoms with van der Waals surface area (Å²) in [7, 11) is 0. The minimum Gasteiger partial charge on any atom is -0.307 e. The summed E-state index contributed by atoms with van der Waals surface area (Å²) in [6.07, 6.45) is 6.75. The first kappa shape index (κ1) is 14.6. The molecule has 2 atom stereocenters. The van der Waals surface area contributed by atoms with E-state index in [0.29, 0.717) is 17.5 Å². The predicted molar refractivity (Wildman–Crippen MR) is 83.4 cm³/mol. The summed E-state index contributed by atoms with van der Waals surface area (Å²) in [5, 5.41) is 3.84. The van der Waals surface area contributed by atoms with Gasteiger partial charge < -0.3 is 5.32 Å². The maximum atomic E-state index is 3.84. The van der Waals surface area contributed by atoms with E-state index in [9.17, 15) is 0 Å². The highest BCUT2D eigenvalue weighted by Crippen LogP contribution is 2.34. The van der Waals surface area contributed by atoms with E-state index in [4.69, 9.17) is 0 Å². The van der Waals surface area contributed by atoms with Gasteiger partial charge in [0.05, 0.1) is 0 Å². The van der Waals surface area contributed by atoms with Crippen molar-refractivity contribution in [2.24, 2.45) is 5.41 Å². The van der Waals surface area contributed by atoms with Gasteiger partial charge in [-0.2, -0.15) is 0 Å². The maximum absolute atomic E-state index is 3.84. The molecule has 1 aromatic carbocycles. The van der Waals surface area contributed by atoms with Crippen LogP contribution in [0.2, 0.25) is 0 Å². The highest BCUT2D eigenvalue weighted by molar-refractivity contribution is 5.24. The average Bonchev–Trinajstić information content (AvgIpc) is 2.51. The van der Waals surface area contributed by atoms with Gasteiger partial charge in [0.1, 0.15) is 0 Å². The first-order valence-electron chi connectivity index (χ1n) is 7.79. The summed E-state index contributed by atoms with van der Waals surface area (Å²) in [5.74, 6) is 0. The Morgan fingerprint density at radius 3 is 2.74 bits per heavy atom. The number of hydrogen-bond acceptors (Lipinski definition) is 1. The summed E-state index contributed by atoms with van der Waals surface area (Å²) in [6, 6.07) is 10.0. The van der Waals surface area contributed by atoms with Gasteiger partial charge in [0.15, 0.2) is 0 Å². The smallest absolute Gasteiger partial charge is 0.0294 e. The van der Waals surface area contributed by atoms with Crippen LogP contribution in [-0.2, 0) is 0 Å². The number of nitrogens with one attached hydrogen (secondary N) is 1. The minimum atomic E-state index is 0.464. The summed E-state index contributed by atoms with van der Waals surface area (Å²) in [4.78, 5) is 0. The molecule has 19 heavy (non-hydrogen) atoms. The van der Waals surface area contributed by atoms with E-state index in [1.54, 1.807) is 0 Å². The van der Waals surface area contributed by atoms with Crippen LogP contribution in [-0.4, -0.2) is 6.04 Å². The van der Waals surface area contributed by atoms with Gasteiger partial charge >= 0.3 is 0 Å². The lowest BCUT2D eigenvalue weighted by Crippen LogP contribution is -2.31. The molecule has 1 unspecified atom stereocenters. The second kappa shape index (κ2) is 6.09. The Labute approximate surface area is 118 Å². The Bertz CT molecular complexity index is 408. The lowest BCUT2D eigenvalue weighted by Gasteiger charge is -2.24. The molecule has 0 bridgehead atoms. The molecule has 1 nitrogen and oxygen atoms in total. The normalized spacial score (nSPS) is 24.7. The van der Waals surface area contributed by atoms with Crippen molar-refractivity contribution in [3.8, 4) is 0 Å². The maximum Gasteiger partial charge on any atom is 0.0294 e. The van der Waals surface area contributed by atoms with Crippen molar-refractivity contribution in [3.05, 3.63) is 35.4 Å². The molecular formula is C18H29N. The number of rotatable bonds is 3. The van der Waals surface area contributed by atoms with Gasteiger partial charge in [-0.25, -0.2) is 0 Å². The zero-order valence-electron chi connectivity index (χ0n) is 13.0. The van der Waals surface area contributed by atoms with Crippen molar-refractivity contribution in [2.75, 3.05) is 0 Å². The van der Waals surface area contributed by atoms with Crippen LogP contribution in [0.1, 0.15) is 70.0 Å². The second-order valence-corrected chi connectivity index (χ2v) is 7.09. The second-order valence-electron chi connectivity index (χ2n) is 7.09. The van der Waals surface area contributed by atoms with Gasteiger partial charge in [0, 0.05) is 12.1 Å². The van der Waals surface area contributed by atoms with E-state index in [-0.39, 0.29) is 0 Å². The van der Waals surface area contributed by atoms with Crippen molar-refractivity contribution in [3.63, 3.8) is 0 Å². The largest absolute Gasteiger partial charge is 0.307 e. The van der Waals surface area contributed by atoms with Gasteiger partial charge in [-0.1, -0.05) is 50.1 Å². The monoisotopic (exact) mass is 259 g/mol. The summed E-state index contributed by atoms with van der Waals surface area (Å²) in [5.41, 5.74) is 3.32. The van der Waals surface area contributed by atoms with E-state index >= 15 is 0 Å². The molecular weight excluding hydrogens is 230 g/mol. The predicted octanol–water partition coefficient (Wildman–Crippen LogP) is 5.00. The molecule has 0 heterocycles. The Balaban J connectivity index is 1.93. The summed E-state index contributed by atoms with van der Waals surface area (Å²) in [6.45, 7) is 9.30. The molecule has 0 saturated heterocycles. The van der Waals surface area contributed by atoms with Crippen molar-refractivity contribution in [1.29, 1.82) is 0 Å². The molecule has 1 N–H and O–H groups in total. The van der Waals surface area contributed by atoms with Crippen LogP contribution >= 0.6 is 0 Å². The van der Waals surface area contributed by atoms with Gasteiger partial charge in [-0.15, -0.1) is 0 Å². The molecule has 0 aromatic heterocycles. The fraction of sp³-hybridized carbons (Fsp3) is 0.667. The van der Waals surface area contributed by atoms with Crippen LogP contribution in [0.25, 0.3) is 0 Å². The molecule has 1 aromatic rings. The summed E-state index contributed by atoms with van der Waals surface area (Å²) >= 11 is 0. The van der Waals surface area contributed by atoms with Gasteiger partial charge in [-0.05, 0) is 50.5 Å². The van der Waals surface area contributed by atoms with Crippen LogP contribution in [0.4, 0.5) is 0 Å².